The third-order valence-corrected chi connectivity index (χ3v) is 3.53. The van der Waals surface area contributed by atoms with Gasteiger partial charge in [-0.1, -0.05) is 0 Å². The minimum atomic E-state index is 0.360. The van der Waals surface area contributed by atoms with E-state index in [-0.39, 0.29) is 0 Å². The minimum Gasteiger partial charge on any atom is -0.382 e. The maximum absolute atomic E-state index is 6.00. The topological polar surface area (TPSA) is 66.7 Å². The predicted octanol–water partition coefficient (Wildman–Crippen LogP) is 2.24. The van der Waals surface area contributed by atoms with Gasteiger partial charge in [0, 0.05) is 23.2 Å². The van der Waals surface area contributed by atoms with Crippen molar-refractivity contribution in [3.05, 3.63) is 24.4 Å². The molecule has 1 aromatic heterocycles. The van der Waals surface area contributed by atoms with E-state index in [4.69, 9.17) is 5.73 Å². The van der Waals surface area contributed by atoms with E-state index in [1.54, 1.807) is 0 Å². The summed E-state index contributed by atoms with van der Waals surface area (Å²) >= 11 is 0. The molecule has 3 rings (SSSR count). The SMILES string of the molecule is NC1CCCC(Nc2ccc3[nH]ncc3c2)C1. The molecule has 1 saturated carbocycles. The van der Waals surface area contributed by atoms with Gasteiger partial charge in [0.25, 0.3) is 0 Å². The fraction of sp³-hybridized carbons (Fsp3) is 0.462. The first kappa shape index (κ1) is 10.6. The van der Waals surface area contributed by atoms with Gasteiger partial charge in [0.05, 0.1) is 11.7 Å². The van der Waals surface area contributed by atoms with Crippen LogP contribution >= 0.6 is 0 Å². The summed E-state index contributed by atoms with van der Waals surface area (Å²) in [5.74, 6) is 0. The Labute approximate surface area is 101 Å². The maximum atomic E-state index is 6.00. The number of benzene rings is 1. The number of H-pyrrole nitrogens is 1. The Hall–Kier alpha value is -1.55. The zero-order valence-corrected chi connectivity index (χ0v) is 9.82. The number of aromatic nitrogens is 2. The fourth-order valence-electron chi connectivity index (χ4n) is 2.63. The molecule has 0 amide bonds. The number of nitrogens with one attached hydrogen (secondary N) is 2. The molecule has 2 aromatic rings. The van der Waals surface area contributed by atoms with Gasteiger partial charge in [-0.2, -0.15) is 5.10 Å². The molecular weight excluding hydrogens is 212 g/mol. The first-order valence-electron chi connectivity index (χ1n) is 6.26. The van der Waals surface area contributed by atoms with Crippen LogP contribution in [0.3, 0.4) is 0 Å². The number of fused-ring (bicyclic) bond motifs is 1. The van der Waals surface area contributed by atoms with Crippen LogP contribution in [0.2, 0.25) is 0 Å². The molecule has 0 spiro atoms. The van der Waals surface area contributed by atoms with Crippen LogP contribution in [0.4, 0.5) is 5.69 Å². The largest absolute Gasteiger partial charge is 0.382 e. The number of rotatable bonds is 2. The maximum Gasteiger partial charge on any atom is 0.0651 e. The van der Waals surface area contributed by atoms with Crippen LogP contribution in [0, 0.1) is 0 Å². The summed E-state index contributed by atoms with van der Waals surface area (Å²) in [4.78, 5) is 0. The molecule has 1 aliphatic rings. The van der Waals surface area contributed by atoms with E-state index in [0.29, 0.717) is 12.1 Å². The highest BCUT2D eigenvalue weighted by molar-refractivity contribution is 5.81. The van der Waals surface area contributed by atoms with Crippen LogP contribution in [0.5, 0.6) is 0 Å². The van der Waals surface area contributed by atoms with Crippen LogP contribution < -0.4 is 11.1 Å². The van der Waals surface area contributed by atoms with Crippen molar-refractivity contribution in [3.63, 3.8) is 0 Å². The molecule has 1 fully saturated rings. The van der Waals surface area contributed by atoms with Crippen molar-refractivity contribution in [1.82, 2.24) is 10.2 Å². The molecule has 4 N–H and O–H groups in total. The first-order valence-corrected chi connectivity index (χ1v) is 6.26. The van der Waals surface area contributed by atoms with Crippen molar-refractivity contribution in [2.75, 3.05) is 5.32 Å². The molecule has 17 heavy (non-hydrogen) atoms. The van der Waals surface area contributed by atoms with Gasteiger partial charge < -0.3 is 11.1 Å². The third-order valence-electron chi connectivity index (χ3n) is 3.53. The molecule has 2 atom stereocenters. The molecule has 0 bridgehead atoms. The molecule has 1 aliphatic carbocycles. The quantitative estimate of drug-likeness (QED) is 0.741. The average molecular weight is 230 g/mol. The first-order chi connectivity index (χ1) is 8.31. The molecule has 1 aromatic carbocycles. The summed E-state index contributed by atoms with van der Waals surface area (Å²) in [5.41, 5.74) is 8.24. The average Bonchev–Trinajstić information content (AvgIpc) is 2.76. The highest BCUT2D eigenvalue weighted by Crippen LogP contribution is 2.23. The van der Waals surface area contributed by atoms with Crippen LogP contribution in [0.25, 0.3) is 10.9 Å². The van der Waals surface area contributed by atoms with Gasteiger partial charge in [-0.05, 0) is 43.9 Å². The summed E-state index contributed by atoms with van der Waals surface area (Å²) < 4.78 is 0. The molecule has 90 valence electrons. The third kappa shape index (κ3) is 2.26. The lowest BCUT2D eigenvalue weighted by Crippen LogP contribution is -2.34. The smallest absolute Gasteiger partial charge is 0.0651 e. The van der Waals surface area contributed by atoms with E-state index in [1.165, 1.54) is 19.3 Å². The Morgan fingerprint density at radius 2 is 2.29 bits per heavy atom. The lowest BCUT2D eigenvalue weighted by molar-refractivity contribution is 0.409. The zero-order chi connectivity index (χ0) is 11.7. The van der Waals surface area contributed by atoms with Gasteiger partial charge >= 0.3 is 0 Å². The lowest BCUT2D eigenvalue weighted by atomic mass is 9.91. The van der Waals surface area contributed by atoms with E-state index in [9.17, 15) is 0 Å². The fourth-order valence-corrected chi connectivity index (χ4v) is 2.63. The number of aromatic amines is 1. The van der Waals surface area contributed by atoms with Gasteiger partial charge in [-0.15, -0.1) is 0 Å². The second kappa shape index (κ2) is 4.37. The van der Waals surface area contributed by atoms with Gasteiger partial charge in [0.2, 0.25) is 0 Å². The predicted molar refractivity (Wildman–Crippen MR) is 69.9 cm³/mol. The van der Waals surface area contributed by atoms with Crippen LogP contribution in [0.1, 0.15) is 25.7 Å². The van der Waals surface area contributed by atoms with Crippen molar-refractivity contribution >= 4 is 16.6 Å². The normalized spacial score (nSPS) is 25.0. The van der Waals surface area contributed by atoms with E-state index >= 15 is 0 Å². The second-order valence-corrected chi connectivity index (χ2v) is 4.94. The number of hydrogen-bond acceptors (Lipinski definition) is 3. The Balaban J connectivity index is 1.75. The van der Waals surface area contributed by atoms with Crippen LogP contribution in [-0.4, -0.2) is 22.3 Å². The summed E-state index contributed by atoms with van der Waals surface area (Å²) in [7, 11) is 0. The molecule has 0 saturated heterocycles. The molecule has 4 heteroatoms. The van der Waals surface area contributed by atoms with Crippen LogP contribution in [0.15, 0.2) is 24.4 Å². The van der Waals surface area contributed by atoms with Gasteiger partial charge in [-0.3, -0.25) is 5.10 Å². The molecule has 0 aliphatic heterocycles. The van der Waals surface area contributed by atoms with Gasteiger partial charge in [-0.25, -0.2) is 0 Å². The molecule has 4 nitrogen and oxygen atoms in total. The van der Waals surface area contributed by atoms with E-state index in [0.717, 1.165) is 23.0 Å². The Bertz CT molecular complexity index is 505. The Morgan fingerprint density at radius 1 is 1.35 bits per heavy atom. The van der Waals surface area contributed by atoms with Crippen molar-refractivity contribution in [3.8, 4) is 0 Å². The number of anilines is 1. The van der Waals surface area contributed by atoms with Gasteiger partial charge in [0.1, 0.15) is 0 Å². The lowest BCUT2D eigenvalue weighted by Gasteiger charge is -2.28. The van der Waals surface area contributed by atoms with E-state index in [2.05, 4.69) is 33.7 Å². The second-order valence-electron chi connectivity index (χ2n) is 4.94. The minimum absolute atomic E-state index is 0.360. The zero-order valence-electron chi connectivity index (χ0n) is 9.82. The van der Waals surface area contributed by atoms with Crippen molar-refractivity contribution in [2.45, 2.75) is 37.8 Å². The summed E-state index contributed by atoms with van der Waals surface area (Å²) in [6.45, 7) is 0. The molecule has 2 unspecified atom stereocenters. The van der Waals surface area contributed by atoms with Gasteiger partial charge in [0.15, 0.2) is 0 Å². The number of nitrogens with two attached hydrogens (primary N) is 1. The number of nitrogens with zero attached hydrogens (tertiary/aromatic N) is 1. The van der Waals surface area contributed by atoms with E-state index in [1.807, 2.05) is 6.20 Å². The van der Waals surface area contributed by atoms with Crippen molar-refractivity contribution in [2.24, 2.45) is 5.73 Å². The Morgan fingerprint density at radius 3 is 3.18 bits per heavy atom. The molecule has 0 radical (unpaired) electrons. The molecular formula is C13H18N4. The monoisotopic (exact) mass is 230 g/mol. The summed E-state index contributed by atoms with van der Waals surface area (Å²) in [6, 6.07) is 7.18. The van der Waals surface area contributed by atoms with Crippen molar-refractivity contribution in [1.29, 1.82) is 0 Å². The van der Waals surface area contributed by atoms with Crippen LogP contribution in [-0.2, 0) is 0 Å². The summed E-state index contributed by atoms with van der Waals surface area (Å²) in [5, 5.41) is 11.7. The molecule has 1 heterocycles. The highest BCUT2D eigenvalue weighted by atomic mass is 15.1. The standard InChI is InChI=1S/C13H18N4/c14-10-2-1-3-11(7-10)16-12-4-5-13-9(6-12)8-15-17-13/h4-6,8,10-11,16H,1-3,7,14H2,(H,15,17). The summed E-state index contributed by atoms with van der Waals surface area (Å²) in [6.07, 6.45) is 6.54. The van der Waals surface area contributed by atoms with E-state index < -0.39 is 0 Å². The highest BCUT2D eigenvalue weighted by Gasteiger charge is 2.18. The Kier molecular flexibility index (Phi) is 2.73. The van der Waals surface area contributed by atoms with Crippen molar-refractivity contribution < 1.29 is 0 Å². The number of hydrogen-bond donors (Lipinski definition) is 3.